The minimum absolute atomic E-state index is 0.496. The van der Waals surface area contributed by atoms with Crippen molar-refractivity contribution < 1.29 is 9.90 Å². The first-order valence-corrected chi connectivity index (χ1v) is 6.69. The lowest BCUT2D eigenvalue weighted by atomic mass is 9.85. The van der Waals surface area contributed by atoms with Gasteiger partial charge in [-0.2, -0.15) is 0 Å². The van der Waals surface area contributed by atoms with E-state index < -0.39 is 11.5 Å². The number of aliphatic carboxylic acids is 1. The maximum atomic E-state index is 11.4. The van der Waals surface area contributed by atoms with Crippen molar-refractivity contribution in [2.24, 2.45) is 5.73 Å². The molecule has 0 aromatic heterocycles. The van der Waals surface area contributed by atoms with E-state index in [1.165, 1.54) is 12.8 Å². The Hall–Kier alpha value is -1.35. The summed E-state index contributed by atoms with van der Waals surface area (Å²) in [6.45, 7) is 2.16. The van der Waals surface area contributed by atoms with Crippen LogP contribution in [0.25, 0.3) is 0 Å². The van der Waals surface area contributed by atoms with Crippen LogP contribution in [-0.2, 0) is 10.3 Å². The number of rotatable bonds is 8. The fourth-order valence-corrected chi connectivity index (χ4v) is 2.12. The highest BCUT2D eigenvalue weighted by molar-refractivity contribution is 5.80. The van der Waals surface area contributed by atoms with Gasteiger partial charge in [-0.1, -0.05) is 69.4 Å². The highest BCUT2D eigenvalue weighted by Gasteiger charge is 2.35. The van der Waals surface area contributed by atoms with Crippen molar-refractivity contribution in [3.8, 4) is 0 Å². The lowest BCUT2D eigenvalue weighted by Crippen LogP contribution is -2.44. The zero-order chi connectivity index (χ0) is 13.4. The summed E-state index contributed by atoms with van der Waals surface area (Å²) in [5.74, 6) is -0.941. The first-order chi connectivity index (χ1) is 8.61. The van der Waals surface area contributed by atoms with Gasteiger partial charge in [0.15, 0.2) is 0 Å². The molecule has 0 saturated carbocycles. The number of benzene rings is 1. The molecule has 0 radical (unpaired) electrons. The van der Waals surface area contributed by atoms with E-state index in [1.807, 2.05) is 18.2 Å². The van der Waals surface area contributed by atoms with Gasteiger partial charge in [-0.25, -0.2) is 4.79 Å². The summed E-state index contributed by atoms with van der Waals surface area (Å²) < 4.78 is 0. The summed E-state index contributed by atoms with van der Waals surface area (Å²) in [6.07, 6.45) is 5.95. The molecule has 3 N–H and O–H groups in total. The highest BCUT2D eigenvalue weighted by Crippen LogP contribution is 2.25. The molecule has 0 saturated heterocycles. The highest BCUT2D eigenvalue weighted by atomic mass is 16.4. The lowest BCUT2D eigenvalue weighted by Gasteiger charge is -2.25. The van der Waals surface area contributed by atoms with E-state index in [0.717, 1.165) is 19.3 Å². The molecule has 3 heteroatoms. The van der Waals surface area contributed by atoms with Crippen molar-refractivity contribution in [1.82, 2.24) is 0 Å². The Labute approximate surface area is 109 Å². The van der Waals surface area contributed by atoms with Crippen LogP contribution in [0.5, 0.6) is 0 Å². The molecule has 1 atom stereocenters. The van der Waals surface area contributed by atoms with E-state index in [-0.39, 0.29) is 0 Å². The van der Waals surface area contributed by atoms with Gasteiger partial charge in [-0.15, -0.1) is 0 Å². The van der Waals surface area contributed by atoms with Gasteiger partial charge in [-0.3, -0.25) is 0 Å². The van der Waals surface area contributed by atoms with Gasteiger partial charge >= 0.3 is 5.97 Å². The van der Waals surface area contributed by atoms with Crippen LogP contribution in [0.2, 0.25) is 0 Å². The van der Waals surface area contributed by atoms with E-state index in [2.05, 4.69) is 6.92 Å². The number of unbranched alkanes of at least 4 members (excludes halogenated alkanes) is 4. The van der Waals surface area contributed by atoms with Crippen molar-refractivity contribution in [3.63, 3.8) is 0 Å². The van der Waals surface area contributed by atoms with E-state index in [9.17, 15) is 9.90 Å². The fraction of sp³-hybridized carbons (Fsp3) is 0.533. The van der Waals surface area contributed by atoms with Crippen LogP contribution in [0.1, 0.15) is 51.0 Å². The third-order valence-corrected chi connectivity index (χ3v) is 3.35. The summed E-state index contributed by atoms with van der Waals surface area (Å²) in [6, 6.07) is 9.11. The van der Waals surface area contributed by atoms with E-state index in [4.69, 9.17) is 5.73 Å². The molecule has 0 aliphatic carbocycles. The van der Waals surface area contributed by atoms with Gasteiger partial charge in [0.1, 0.15) is 5.54 Å². The molecule has 0 amide bonds. The first kappa shape index (κ1) is 14.7. The molecule has 1 rings (SSSR count). The normalized spacial score (nSPS) is 14.1. The average molecular weight is 249 g/mol. The van der Waals surface area contributed by atoms with Crippen LogP contribution < -0.4 is 5.73 Å². The Balaban J connectivity index is 2.62. The largest absolute Gasteiger partial charge is 0.480 e. The topological polar surface area (TPSA) is 63.3 Å². The minimum atomic E-state index is -1.24. The molecule has 1 unspecified atom stereocenters. The summed E-state index contributed by atoms with van der Waals surface area (Å²) in [7, 11) is 0. The van der Waals surface area contributed by atoms with Gasteiger partial charge in [0, 0.05) is 0 Å². The zero-order valence-electron chi connectivity index (χ0n) is 11.1. The van der Waals surface area contributed by atoms with E-state index in [0.29, 0.717) is 12.0 Å². The second kappa shape index (κ2) is 7.17. The van der Waals surface area contributed by atoms with Crippen LogP contribution in [0, 0.1) is 0 Å². The average Bonchev–Trinajstić information content (AvgIpc) is 2.39. The predicted octanol–water partition coefficient (Wildman–Crippen LogP) is 3.29. The Kier molecular flexibility index (Phi) is 5.86. The van der Waals surface area contributed by atoms with Crippen LogP contribution in [-0.4, -0.2) is 11.1 Å². The van der Waals surface area contributed by atoms with Crippen molar-refractivity contribution >= 4 is 5.97 Å². The Morgan fingerprint density at radius 2 is 1.78 bits per heavy atom. The molecule has 1 aromatic rings. The number of carboxylic acids is 1. The SMILES string of the molecule is CCCCCCCC(N)(C(=O)O)c1ccccc1. The zero-order valence-corrected chi connectivity index (χ0v) is 11.1. The molecule has 100 valence electrons. The van der Waals surface area contributed by atoms with Gasteiger partial charge in [0.25, 0.3) is 0 Å². The maximum Gasteiger partial charge on any atom is 0.328 e. The minimum Gasteiger partial charge on any atom is -0.480 e. The summed E-state index contributed by atoms with van der Waals surface area (Å²) in [4.78, 5) is 11.4. The van der Waals surface area contributed by atoms with Crippen molar-refractivity contribution in [2.45, 2.75) is 51.0 Å². The molecule has 3 nitrogen and oxygen atoms in total. The smallest absolute Gasteiger partial charge is 0.328 e. The molecule has 18 heavy (non-hydrogen) atoms. The number of carboxylic acid groups (broad SMARTS) is 1. The number of hydrogen-bond donors (Lipinski definition) is 2. The predicted molar refractivity (Wildman–Crippen MR) is 73.3 cm³/mol. The van der Waals surface area contributed by atoms with Gasteiger partial charge in [0.2, 0.25) is 0 Å². The van der Waals surface area contributed by atoms with Crippen LogP contribution in [0.3, 0.4) is 0 Å². The summed E-state index contributed by atoms with van der Waals surface area (Å²) in [5.41, 5.74) is 5.52. The van der Waals surface area contributed by atoms with Crippen molar-refractivity contribution in [1.29, 1.82) is 0 Å². The molecule has 0 spiro atoms. The molecule has 0 bridgehead atoms. The van der Waals surface area contributed by atoms with Crippen LogP contribution >= 0.6 is 0 Å². The Bertz CT molecular complexity index is 364. The number of carbonyl (C=O) groups is 1. The summed E-state index contributed by atoms with van der Waals surface area (Å²) in [5, 5.41) is 9.36. The standard InChI is InChI=1S/C15H23NO2/c1-2-3-4-5-9-12-15(16,14(17)18)13-10-7-6-8-11-13/h6-8,10-11H,2-5,9,12,16H2,1H3,(H,17,18). The van der Waals surface area contributed by atoms with Gasteiger partial charge < -0.3 is 10.8 Å². The molecular weight excluding hydrogens is 226 g/mol. The Morgan fingerprint density at radius 1 is 1.17 bits per heavy atom. The van der Waals surface area contributed by atoms with E-state index in [1.54, 1.807) is 12.1 Å². The molecule has 0 fully saturated rings. The van der Waals surface area contributed by atoms with Crippen LogP contribution in [0.15, 0.2) is 30.3 Å². The van der Waals surface area contributed by atoms with Crippen molar-refractivity contribution in [2.75, 3.05) is 0 Å². The van der Waals surface area contributed by atoms with E-state index >= 15 is 0 Å². The number of nitrogens with two attached hydrogens (primary N) is 1. The summed E-state index contributed by atoms with van der Waals surface area (Å²) >= 11 is 0. The van der Waals surface area contributed by atoms with Crippen molar-refractivity contribution in [3.05, 3.63) is 35.9 Å². The van der Waals surface area contributed by atoms with Gasteiger partial charge in [-0.05, 0) is 12.0 Å². The molecule has 0 heterocycles. The second-order valence-corrected chi connectivity index (χ2v) is 4.81. The fourth-order valence-electron chi connectivity index (χ4n) is 2.12. The van der Waals surface area contributed by atoms with Crippen LogP contribution in [0.4, 0.5) is 0 Å². The maximum absolute atomic E-state index is 11.4. The lowest BCUT2D eigenvalue weighted by molar-refractivity contribution is -0.144. The Morgan fingerprint density at radius 3 is 2.33 bits per heavy atom. The van der Waals surface area contributed by atoms with Gasteiger partial charge in [0.05, 0.1) is 0 Å². The molecular formula is C15H23NO2. The third-order valence-electron chi connectivity index (χ3n) is 3.35. The number of hydrogen-bond acceptors (Lipinski definition) is 2. The second-order valence-electron chi connectivity index (χ2n) is 4.81. The monoisotopic (exact) mass is 249 g/mol. The quantitative estimate of drug-likeness (QED) is 0.695. The third kappa shape index (κ3) is 3.84. The molecule has 1 aromatic carbocycles. The first-order valence-electron chi connectivity index (χ1n) is 6.69. The molecule has 0 aliphatic rings. The molecule has 0 aliphatic heterocycles.